The van der Waals surface area contributed by atoms with E-state index in [1.807, 2.05) is 17.5 Å². The molecule has 0 saturated carbocycles. The van der Waals surface area contributed by atoms with E-state index in [4.69, 9.17) is 18.0 Å². The molecule has 26 heavy (non-hydrogen) atoms. The SMILES string of the molecule is Nc1cc(CCCCCCCCCC(F)(F)F)ccc1-c1csc(=S)[nH]1. The molecule has 1 heterocycles. The van der Waals surface area contributed by atoms with Crippen molar-refractivity contribution in [2.45, 2.75) is 64.0 Å². The number of nitrogens with one attached hydrogen (secondary N) is 1. The quantitative estimate of drug-likeness (QED) is 0.249. The van der Waals surface area contributed by atoms with Crippen molar-refractivity contribution in [3.05, 3.63) is 33.1 Å². The molecule has 0 bridgehead atoms. The van der Waals surface area contributed by atoms with Crippen molar-refractivity contribution in [1.29, 1.82) is 0 Å². The van der Waals surface area contributed by atoms with Crippen LogP contribution in [0.25, 0.3) is 11.3 Å². The molecule has 0 aliphatic heterocycles. The van der Waals surface area contributed by atoms with Crippen LogP contribution in [0.4, 0.5) is 18.9 Å². The Kier molecular flexibility index (Phi) is 8.15. The molecule has 3 N–H and O–H groups in total. The molecular formula is C19H25F3N2S2. The summed E-state index contributed by atoms with van der Waals surface area (Å²) in [6.07, 6.45) is 2.38. The monoisotopic (exact) mass is 402 g/mol. The van der Waals surface area contributed by atoms with Crippen molar-refractivity contribution in [2.24, 2.45) is 0 Å². The van der Waals surface area contributed by atoms with E-state index in [1.54, 1.807) is 0 Å². The van der Waals surface area contributed by atoms with Crippen LogP contribution in [0.5, 0.6) is 0 Å². The number of nitrogens with two attached hydrogens (primary N) is 1. The van der Waals surface area contributed by atoms with Crippen LogP contribution in [0, 0.1) is 3.95 Å². The maximum absolute atomic E-state index is 12.0. The van der Waals surface area contributed by atoms with Gasteiger partial charge in [0.05, 0.1) is 5.69 Å². The van der Waals surface area contributed by atoms with E-state index < -0.39 is 12.6 Å². The predicted octanol–water partition coefficient (Wildman–Crippen LogP) is 7.28. The van der Waals surface area contributed by atoms with Gasteiger partial charge in [-0.25, -0.2) is 0 Å². The van der Waals surface area contributed by atoms with Crippen LogP contribution >= 0.6 is 23.6 Å². The predicted molar refractivity (Wildman–Crippen MR) is 106 cm³/mol. The maximum atomic E-state index is 12.0. The maximum Gasteiger partial charge on any atom is 0.389 e. The first-order chi connectivity index (χ1) is 12.3. The van der Waals surface area contributed by atoms with Gasteiger partial charge in [0.2, 0.25) is 0 Å². The van der Waals surface area contributed by atoms with Crippen LogP contribution in [0.1, 0.15) is 56.9 Å². The Balaban J connectivity index is 1.63. The number of hydrogen-bond donors (Lipinski definition) is 2. The largest absolute Gasteiger partial charge is 0.398 e. The third kappa shape index (κ3) is 7.50. The molecule has 0 spiro atoms. The van der Waals surface area contributed by atoms with Crippen molar-refractivity contribution in [2.75, 3.05) is 5.73 Å². The number of rotatable bonds is 10. The number of H-pyrrole nitrogens is 1. The first-order valence-electron chi connectivity index (χ1n) is 8.98. The minimum Gasteiger partial charge on any atom is -0.398 e. The molecule has 2 nitrogen and oxygen atoms in total. The Morgan fingerprint density at radius 1 is 1.00 bits per heavy atom. The van der Waals surface area contributed by atoms with Crippen LogP contribution in [-0.4, -0.2) is 11.2 Å². The molecule has 0 atom stereocenters. The van der Waals surface area contributed by atoms with E-state index in [0.717, 1.165) is 59.4 Å². The summed E-state index contributed by atoms with van der Waals surface area (Å²) in [5, 5.41) is 1.97. The lowest BCUT2D eigenvalue weighted by molar-refractivity contribution is -0.135. The highest BCUT2D eigenvalue weighted by Crippen LogP contribution is 2.28. The number of thiazole rings is 1. The highest BCUT2D eigenvalue weighted by molar-refractivity contribution is 7.73. The molecule has 0 saturated heterocycles. The van der Waals surface area contributed by atoms with Crippen molar-refractivity contribution in [3.8, 4) is 11.3 Å². The molecule has 144 valence electrons. The molecule has 0 aliphatic carbocycles. The summed E-state index contributed by atoms with van der Waals surface area (Å²) in [4.78, 5) is 3.13. The summed E-state index contributed by atoms with van der Waals surface area (Å²) >= 11 is 6.59. The smallest absolute Gasteiger partial charge is 0.389 e. The topological polar surface area (TPSA) is 41.8 Å². The molecule has 0 aliphatic rings. The standard InChI is InChI=1S/C19H25F3N2S2/c20-19(21,22)11-7-5-3-1-2-4-6-8-14-9-10-15(16(23)12-14)17-13-26-18(25)24-17/h9-10,12-13H,1-8,11,23H2,(H,24,25). The first-order valence-corrected chi connectivity index (χ1v) is 10.3. The zero-order chi connectivity index (χ0) is 19.0. The Morgan fingerprint density at radius 2 is 1.65 bits per heavy atom. The van der Waals surface area contributed by atoms with Gasteiger partial charge in [0, 0.05) is 23.1 Å². The van der Waals surface area contributed by atoms with Gasteiger partial charge < -0.3 is 10.7 Å². The first kappa shape index (κ1) is 21.0. The van der Waals surface area contributed by atoms with E-state index in [2.05, 4.69) is 11.1 Å². The van der Waals surface area contributed by atoms with Gasteiger partial charge in [-0.2, -0.15) is 13.2 Å². The van der Waals surface area contributed by atoms with Gasteiger partial charge in [-0.1, -0.05) is 44.2 Å². The van der Waals surface area contributed by atoms with E-state index >= 15 is 0 Å². The number of halogens is 3. The van der Waals surface area contributed by atoms with E-state index in [0.29, 0.717) is 6.42 Å². The molecule has 0 amide bonds. The van der Waals surface area contributed by atoms with Crippen molar-refractivity contribution >= 4 is 29.2 Å². The molecule has 1 aromatic heterocycles. The zero-order valence-corrected chi connectivity index (χ0v) is 16.3. The van der Waals surface area contributed by atoms with Crippen molar-refractivity contribution in [1.82, 2.24) is 4.98 Å². The van der Waals surface area contributed by atoms with Gasteiger partial charge in [0.1, 0.15) is 0 Å². The number of hydrogen-bond acceptors (Lipinski definition) is 3. The molecule has 0 fully saturated rings. The molecule has 7 heteroatoms. The van der Waals surface area contributed by atoms with E-state index in [-0.39, 0.29) is 6.42 Å². The molecule has 2 aromatic rings. The van der Waals surface area contributed by atoms with Gasteiger partial charge >= 0.3 is 6.18 Å². The van der Waals surface area contributed by atoms with Crippen LogP contribution in [0.3, 0.4) is 0 Å². The third-order valence-electron chi connectivity index (χ3n) is 4.35. The molecule has 1 aromatic carbocycles. The normalized spacial score (nSPS) is 11.8. The zero-order valence-electron chi connectivity index (χ0n) is 14.7. The minimum absolute atomic E-state index is 0.254. The van der Waals surface area contributed by atoms with Crippen molar-refractivity contribution < 1.29 is 13.2 Å². The van der Waals surface area contributed by atoms with Gasteiger partial charge in [0.25, 0.3) is 0 Å². The lowest BCUT2D eigenvalue weighted by Crippen LogP contribution is -2.06. The lowest BCUT2D eigenvalue weighted by atomic mass is 10.0. The van der Waals surface area contributed by atoms with Gasteiger partial charge in [0.15, 0.2) is 3.95 Å². The number of nitrogen functional groups attached to an aromatic ring is 1. The van der Waals surface area contributed by atoms with Gasteiger partial charge in [-0.05, 0) is 43.1 Å². The Morgan fingerprint density at radius 3 is 2.23 bits per heavy atom. The summed E-state index contributed by atoms with van der Waals surface area (Å²) in [6, 6.07) is 6.14. The number of benzene rings is 1. The van der Waals surface area contributed by atoms with Crippen LogP contribution in [0.2, 0.25) is 0 Å². The Bertz CT molecular complexity index is 735. The van der Waals surface area contributed by atoms with Crippen LogP contribution in [0.15, 0.2) is 23.6 Å². The minimum atomic E-state index is -4.01. The van der Waals surface area contributed by atoms with Gasteiger partial charge in [-0.3, -0.25) is 0 Å². The average Bonchev–Trinajstić information content (AvgIpc) is 2.98. The second kappa shape index (κ2) is 10.1. The fourth-order valence-corrected chi connectivity index (χ4v) is 3.80. The number of anilines is 1. The fourth-order valence-electron chi connectivity index (χ4n) is 2.96. The highest BCUT2D eigenvalue weighted by Gasteiger charge is 2.25. The summed E-state index contributed by atoms with van der Waals surface area (Å²) in [5.41, 5.74) is 10.0. The number of unbranched alkanes of at least 4 members (excludes halogenated alkanes) is 6. The summed E-state index contributed by atoms with van der Waals surface area (Å²) in [6.45, 7) is 0. The number of aryl methyl sites for hydroxylation is 1. The number of aromatic nitrogens is 1. The van der Waals surface area contributed by atoms with Crippen LogP contribution < -0.4 is 5.73 Å². The Labute approximate surface area is 161 Å². The molecule has 0 unspecified atom stereocenters. The summed E-state index contributed by atoms with van der Waals surface area (Å²) < 4.78 is 36.8. The average molecular weight is 403 g/mol. The second-order valence-corrected chi connectivity index (χ2v) is 8.12. The second-order valence-electron chi connectivity index (χ2n) is 6.57. The van der Waals surface area contributed by atoms with Crippen molar-refractivity contribution in [3.63, 3.8) is 0 Å². The van der Waals surface area contributed by atoms with Gasteiger partial charge in [-0.15, -0.1) is 11.3 Å². The third-order valence-corrected chi connectivity index (χ3v) is 5.41. The summed E-state index contributed by atoms with van der Waals surface area (Å²) in [7, 11) is 0. The number of alkyl halides is 3. The number of aromatic amines is 1. The molecule has 0 radical (unpaired) electrons. The molecular weight excluding hydrogens is 377 g/mol. The molecule has 2 rings (SSSR count). The highest BCUT2D eigenvalue weighted by atomic mass is 32.1. The van der Waals surface area contributed by atoms with Crippen LogP contribution in [-0.2, 0) is 6.42 Å². The summed E-state index contributed by atoms with van der Waals surface area (Å²) in [5.74, 6) is 0. The lowest BCUT2D eigenvalue weighted by Gasteiger charge is -2.08. The van der Waals surface area contributed by atoms with E-state index in [1.165, 1.54) is 16.9 Å². The fraction of sp³-hybridized carbons (Fsp3) is 0.526. The Hall–Kier alpha value is -1.34. The van der Waals surface area contributed by atoms with E-state index in [9.17, 15) is 13.2 Å².